The lowest BCUT2D eigenvalue weighted by atomic mass is 9.96. The van der Waals surface area contributed by atoms with E-state index in [2.05, 4.69) is 10.6 Å². The number of nitrogens with one attached hydrogen (secondary N) is 2. The van der Waals surface area contributed by atoms with Crippen LogP contribution >= 0.6 is 0 Å². The number of benzene rings is 2. The van der Waals surface area contributed by atoms with Crippen molar-refractivity contribution >= 4 is 5.91 Å². The van der Waals surface area contributed by atoms with Crippen LogP contribution in [0.5, 0.6) is 0 Å². The van der Waals surface area contributed by atoms with Crippen molar-refractivity contribution in [3.05, 3.63) is 59.7 Å². The first-order valence-corrected chi connectivity index (χ1v) is 11.6. The third kappa shape index (κ3) is 7.46. The molecule has 0 saturated heterocycles. The highest BCUT2D eigenvalue weighted by atomic mass is 19.4. The average molecular weight is 528 g/mol. The normalized spacial score (nSPS) is 17.5. The van der Waals surface area contributed by atoms with Gasteiger partial charge in [0.25, 0.3) is 6.43 Å². The van der Waals surface area contributed by atoms with E-state index in [9.17, 15) is 41.5 Å². The van der Waals surface area contributed by atoms with Crippen molar-refractivity contribution in [1.29, 1.82) is 5.26 Å². The number of nitrogens with zero attached hydrogens (tertiary/aromatic N) is 1. The smallest absolute Gasteiger partial charge is 0.382 e. The molecule has 1 saturated carbocycles. The Hall–Kier alpha value is -3.10. The Labute approximate surface area is 210 Å². The van der Waals surface area contributed by atoms with Crippen molar-refractivity contribution in [2.75, 3.05) is 0 Å². The molecule has 2 aromatic rings. The maximum atomic E-state index is 14.4. The van der Waals surface area contributed by atoms with E-state index in [1.165, 1.54) is 48.5 Å². The lowest BCUT2D eigenvalue weighted by molar-refractivity contribution is -0.161. The Kier molecular flexibility index (Phi) is 8.24. The van der Waals surface area contributed by atoms with Crippen molar-refractivity contribution in [2.45, 2.75) is 75.1 Å². The van der Waals surface area contributed by atoms with E-state index in [1.54, 1.807) is 0 Å². The Morgan fingerprint density at radius 2 is 1.49 bits per heavy atom. The summed E-state index contributed by atoms with van der Waals surface area (Å²) in [6.07, 6.45) is -9.56. The standard InChI is InChI=1S/C26H27F6N3O2/c1-24(2,29)13-19(23(37)35-25(14-33)11-12-25)34-21(26(30,31)32)18-9-5-16(6-10-18)15-3-7-17(8-4-15)20(36)22(27)28/h3-10,19-22,34,36H,11-13H2,1-2H3,(H,35,37)/t19-,20+,21?/m0/s1. The number of carbonyl (C=O) groups is 1. The van der Waals surface area contributed by atoms with E-state index in [4.69, 9.17) is 0 Å². The number of alkyl halides is 6. The number of carbonyl (C=O) groups excluding carboxylic acids is 1. The van der Waals surface area contributed by atoms with Crippen LogP contribution in [0.15, 0.2) is 48.5 Å². The summed E-state index contributed by atoms with van der Waals surface area (Å²) in [6.45, 7) is 2.30. The molecular weight excluding hydrogens is 500 g/mol. The summed E-state index contributed by atoms with van der Waals surface area (Å²) in [5, 5.41) is 23.4. The molecule has 5 nitrogen and oxygen atoms in total. The maximum Gasteiger partial charge on any atom is 0.407 e. The monoisotopic (exact) mass is 527 g/mol. The van der Waals surface area contributed by atoms with Crippen molar-refractivity contribution in [3.63, 3.8) is 0 Å². The summed E-state index contributed by atoms with van der Waals surface area (Å²) in [7, 11) is 0. The Morgan fingerprint density at radius 3 is 1.86 bits per heavy atom. The molecule has 0 aliphatic heterocycles. The fourth-order valence-corrected chi connectivity index (χ4v) is 3.89. The van der Waals surface area contributed by atoms with Gasteiger partial charge in [-0.15, -0.1) is 0 Å². The average Bonchev–Trinajstić information content (AvgIpc) is 3.59. The molecule has 0 heterocycles. The van der Waals surface area contributed by atoms with Gasteiger partial charge in [0.2, 0.25) is 5.91 Å². The highest BCUT2D eigenvalue weighted by molar-refractivity contribution is 5.83. The van der Waals surface area contributed by atoms with Crippen LogP contribution in [-0.2, 0) is 4.79 Å². The van der Waals surface area contributed by atoms with Gasteiger partial charge >= 0.3 is 6.18 Å². The third-order valence-corrected chi connectivity index (χ3v) is 6.10. The van der Waals surface area contributed by atoms with Crippen LogP contribution in [0.25, 0.3) is 11.1 Å². The van der Waals surface area contributed by atoms with Gasteiger partial charge in [-0.2, -0.15) is 18.4 Å². The molecule has 1 aliphatic carbocycles. The Balaban J connectivity index is 1.84. The number of halogens is 6. The lowest BCUT2D eigenvalue weighted by Crippen LogP contribution is -2.53. The first kappa shape index (κ1) is 28.5. The van der Waals surface area contributed by atoms with Gasteiger partial charge < -0.3 is 10.4 Å². The molecule has 1 unspecified atom stereocenters. The molecule has 11 heteroatoms. The first-order valence-electron chi connectivity index (χ1n) is 11.6. The molecule has 1 fully saturated rings. The Morgan fingerprint density at radius 1 is 1.00 bits per heavy atom. The second kappa shape index (κ2) is 10.7. The van der Waals surface area contributed by atoms with Gasteiger partial charge in [-0.05, 0) is 48.9 Å². The van der Waals surface area contributed by atoms with Crippen molar-refractivity contribution in [1.82, 2.24) is 10.6 Å². The van der Waals surface area contributed by atoms with Gasteiger partial charge in [-0.1, -0.05) is 48.5 Å². The van der Waals surface area contributed by atoms with Crippen LogP contribution in [0.3, 0.4) is 0 Å². The van der Waals surface area contributed by atoms with Crippen molar-refractivity contribution in [2.24, 2.45) is 0 Å². The molecule has 0 radical (unpaired) electrons. The summed E-state index contributed by atoms with van der Waals surface area (Å²) in [6, 6.07) is 8.79. The lowest BCUT2D eigenvalue weighted by Gasteiger charge is -2.30. The number of aliphatic hydroxyl groups is 1. The fourth-order valence-electron chi connectivity index (χ4n) is 3.89. The molecule has 37 heavy (non-hydrogen) atoms. The van der Waals surface area contributed by atoms with Crippen LogP contribution < -0.4 is 10.6 Å². The van der Waals surface area contributed by atoms with Crippen molar-refractivity contribution in [3.8, 4) is 17.2 Å². The van der Waals surface area contributed by atoms with Gasteiger partial charge in [0.15, 0.2) is 0 Å². The molecule has 0 spiro atoms. The van der Waals surface area contributed by atoms with Crippen LogP contribution in [0, 0.1) is 11.3 Å². The largest absolute Gasteiger partial charge is 0.407 e. The van der Waals surface area contributed by atoms with Gasteiger partial charge in [0.1, 0.15) is 23.4 Å². The molecule has 3 N–H and O–H groups in total. The molecule has 3 atom stereocenters. The number of hydrogen-bond acceptors (Lipinski definition) is 4. The molecule has 200 valence electrons. The zero-order chi connectivity index (χ0) is 27.6. The summed E-state index contributed by atoms with van der Waals surface area (Å²) in [5.41, 5.74) is -2.31. The van der Waals surface area contributed by atoms with E-state index < -0.39 is 54.3 Å². The van der Waals surface area contributed by atoms with Crippen LogP contribution in [0.4, 0.5) is 26.3 Å². The summed E-state index contributed by atoms with van der Waals surface area (Å²) < 4.78 is 82.0. The molecule has 0 bridgehead atoms. The SMILES string of the molecule is CC(C)(F)C[C@H](NC(c1ccc(-c2ccc([C@@H](O)C(F)F)cc2)cc1)C(F)(F)F)C(=O)NC1(C#N)CC1. The fraction of sp³-hybridized carbons (Fsp3) is 0.462. The third-order valence-electron chi connectivity index (χ3n) is 6.10. The number of aliphatic hydroxyl groups excluding tert-OH is 1. The molecule has 3 rings (SSSR count). The number of hydrogen-bond donors (Lipinski definition) is 3. The molecule has 1 aliphatic rings. The van der Waals surface area contributed by atoms with Crippen molar-refractivity contribution < 1.29 is 36.2 Å². The van der Waals surface area contributed by atoms with E-state index in [0.717, 1.165) is 13.8 Å². The van der Waals surface area contributed by atoms with Gasteiger partial charge in [-0.25, -0.2) is 13.2 Å². The topological polar surface area (TPSA) is 85.2 Å². The van der Waals surface area contributed by atoms with Crippen LogP contribution in [-0.4, -0.2) is 40.9 Å². The molecular formula is C26H27F6N3O2. The highest BCUT2D eigenvalue weighted by Crippen LogP contribution is 2.37. The number of nitriles is 1. The predicted octanol–water partition coefficient (Wildman–Crippen LogP) is 5.52. The number of amides is 1. The zero-order valence-electron chi connectivity index (χ0n) is 20.1. The second-order valence-electron chi connectivity index (χ2n) is 9.82. The minimum atomic E-state index is -4.83. The minimum absolute atomic E-state index is 0.00110. The van der Waals surface area contributed by atoms with Crippen LogP contribution in [0.1, 0.15) is 56.4 Å². The number of rotatable bonds is 10. The zero-order valence-corrected chi connectivity index (χ0v) is 20.1. The quantitative estimate of drug-likeness (QED) is 0.355. The molecule has 2 aromatic carbocycles. The van der Waals surface area contributed by atoms with Gasteiger partial charge in [0.05, 0.1) is 12.1 Å². The highest BCUT2D eigenvalue weighted by Gasteiger charge is 2.48. The van der Waals surface area contributed by atoms with Gasteiger partial charge in [-0.3, -0.25) is 10.1 Å². The molecule has 0 aromatic heterocycles. The summed E-state index contributed by atoms with van der Waals surface area (Å²) in [5.74, 6) is -0.887. The first-order chi connectivity index (χ1) is 17.1. The van der Waals surface area contributed by atoms with E-state index in [-0.39, 0.29) is 11.1 Å². The van der Waals surface area contributed by atoms with E-state index in [0.29, 0.717) is 24.0 Å². The van der Waals surface area contributed by atoms with E-state index >= 15 is 0 Å². The Bertz CT molecular complexity index is 1120. The van der Waals surface area contributed by atoms with Gasteiger partial charge in [0, 0.05) is 6.42 Å². The minimum Gasteiger partial charge on any atom is -0.382 e. The molecule has 1 amide bonds. The summed E-state index contributed by atoms with van der Waals surface area (Å²) in [4.78, 5) is 12.8. The predicted molar refractivity (Wildman–Crippen MR) is 124 cm³/mol. The van der Waals surface area contributed by atoms with Crippen LogP contribution in [0.2, 0.25) is 0 Å². The second-order valence-corrected chi connectivity index (χ2v) is 9.82. The summed E-state index contributed by atoms with van der Waals surface area (Å²) >= 11 is 0. The van der Waals surface area contributed by atoms with E-state index in [1.807, 2.05) is 6.07 Å². The maximum absolute atomic E-state index is 14.4.